The van der Waals surface area contributed by atoms with Crippen molar-refractivity contribution in [2.45, 2.75) is 19.7 Å². The Morgan fingerprint density at radius 3 is 2.46 bits per heavy atom. The SMILES string of the molecule is CCC(=O)Nc1c(-n2cncn2)cnn1-c1c(Cl)cc(OC(F)(F)F)cc1Cl. The molecule has 0 fully saturated rings. The Balaban J connectivity index is 2.12. The summed E-state index contributed by atoms with van der Waals surface area (Å²) in [6, 6.07) is 1.89. The number of hydrogen-bond donors (Lipinski definition) is 1. The summed E-state index contributed by atoms with van der Waals surface area (Å²) >= 11 is 12.3. The third-order valence-corrected chi connectivity index (χ3v) is 4.01. The smallest absolute Gasteiger partial charge is 0.406 e. The number of carbonyl (C=O) groups excluding carboxylic acids is 1. The number of rotatable bonds is 5. The largest absolute Gasteiger partial charge is 0.573 e. The van der Waals surface area contributed by atoms with Crippen LogP contribution in [0.25, 0.3) is 11.4 Å². The maximum Gasteiger partial charge on any atom is 0.573 e. The van der Waals surface area contributed by atoms with Crippen LogP contribution < -0.4 is 10.1 Å². The minimum Gasteiger partial charge on any atom is -0.406 e. The predicted molar refractivity (Wildman–Crippen MR) is 94.1 cm³/mol. The normalized spacial score (nSPS) is 11.5. The van der Waals surface area contributed by atoms with E-state index < -0.39 is 12.1 Å². The first-order valence-corrected chi connectivity index (χ1v) is 8.43. The molecule has 2 heterocycles. The second-order valence-electron chi connectivity index (χ2n) is 5.32. The second kappa shape index (κ2) is 7.68. The molecule has 0 atom stereocenters. The number of alkyl halides is 3. The van der Waals surface area contributed by atoms with E-state index in [9.17, 15) is 18.0 Å². The van der Waals surface area contributed by atoms with Crippen LogP contribution in [0.2, 0.25) is 10.0 Å². The molecular formula is C15H11Cl2F3N6O2. The summed E-state index contributed by atoms with van der Waals surface area (Å²) < 4.78 is 43.7. The number of ether oxygens (including phenoxy) is 1. The number of nitrogens with zero attached hydrogens (tertiary/aromatic N) is 5. The number of amides is 1. The standard InChI is InChI=1S/C15H11Cl2F3N6O2/c1-2-12(27)24-14-11(25-7-21-6-23-25)5-22-26(14)13-9(16)3-8(4-10(13)17)28-15(18,19)20/h3-7H,2H2,1H3,(H,24,27). The molecule has 0 saturated heterocycles. The van der Waals surface area contributed by atoms with Gasteiger partial charge in [0.2, 0.25) is 5.91 Å². The number of aromatic nitrogens is 5. The van der Waals surface area contributed by atoms with Crippen molar-refractivity contribution >= 4 is 34.9 Å². The molecule has 1 aromatic carbocycles. The van der Waals surface area contributed by atoms with Gasteiger partial charge in [-0.25, -0.2) is 14.3 Å². The summed E-state index contributed by atoms with van der Waals surface area (Å²) in [5.41, 5.74) is 0.401. The molecule has 2 aromatic heterocycles. The molecule has 0 saturated carbocycles. The Labute approximate surface area is 165 Å². The average Bonchev–Trinajstić information content (AvgIpc) is 3.23. The lowest BCUT2D eigenvalue weighted by atomic mass is 10.3. The van der Waals surface area contributed by atoms with Crippen molar-refractivity contribution in [2.75, 3.05) is 5.32 Å². The van der Waals surface area contributed by atoms with Gasteiger partial charge in [0.05, 0.1) is 16.2 Å². The fraction of sp³-hybridized carbons (Fsp3) is 0.200. The quantitative estimate of drug-likeness (QED) is 0.655. The molecule has 0 bridgehead atoms. The van der Waals surface area contributed by atoms with Crippen molar-refractivity contribution in [3.63, 3.8) is 0 Å². The Hall–Kier alpha value is -2.79. The van der Waals surface area contributed by atoms with Gasteiger partial charge in [-0.05, 0) is 0 Å². The Morgan fingerprint density at radius 2 is 1.93 bits per heavy atom. The number of benzene rings is 1. The summed E-state index contributed by atoms with van der Waals surface area (Å²) in [6.07, 6.45) is -0.701. The Morgan fingerprint density at radius 1 is 1.25 bits per heavy atom. The van der Waals surface area contributed by atoms with Crippen LogP contribution in [0.5, 0.6) is 5.75 Å². The molecule has 1 amide bonds. The number of carbonyl (C=O) groups is 1. The van der Waals surface area contributed by atoms with E-state index in [1.165, 1.54) is 28.2 Å². The lowest BCUT2D eigenvalue weighted by molar-refractivity contribution is -0.274. The zero-order chi connectivity index (χ0) is 20.5. The van der Waals surface area contributed by atoms with Crippen molar-refractivity contribution in [1.82, 2.24) is 24.5 Å². The highest BCUT2D eigenvalue weighted by Crippen LogP contribution is 2.37. The van der Waals surface area contributed by atoms with E-state index in [2.05, 4.69) is 25.2 Å². The van der Waals surface area contributed by atoms with Crippen LogP contribution in [-0.2, 0) is 4.79 Å². The summed E-state index contributed by atoms with van der Waals surface area (Å²) in [4.78, 5) is 15.8. The molecule has 3 rings (SSSR count). The van der Waals surface area contributed by atoms with Crippen LogP contribution in [0.15, 0.2) is 31.0 Å². The van der Waals surface area contributed by atoms with E-state index in [0.29, 0.717) is 5.69 Å². The Kier molecular flexibility index (Phi) is 5.47. The lowest BCUT2D eigenvalue weighted by Gasteiger charge is -2.15. The topological polar surface area (TPSA) is 86.9 Å². The van der Waals surface area contributed by atoms with Crippen molar-refractivity contribution in [3.8, 4) is 17.1 Å². The van der Waals surface area contributed by atoms with Gasteiger partial charge in [0.15, 0.2) is 5.82 Å². The van der Waals surface area contributed by atoms with E-state index in [1.54, 1.807) is 6.92 Å². The van der Waals surface area contributed by atoms with Gasteiger partial charge in [-0.3, -0.25) is 4.79 Å². The van der Waals surface area contributed by atoms with Crippen molar-refractivity contribution in [2.24, 2.45) is 0 Å². The maximum absolute atomic E-state index is 12.4. The minimum absolute atomic E-state index is 0.0515. The molecule has 0 aliphatic carbocycles. The number of nitrogens with one attached hydrogen (secondary N) is 1. The zero-order valence-corrected chi connectivity index (χ0v) is 15.5. The minimum atomic E-state index is -4.90. The molecule has 0 aliphatic rings. The van der Waals surface area contributed by atoms with Crippen molar-refractivity contribution < 1.29 is 22.7 Å². The first-order valence-electron chi connectivity index (χ1n) is 7.67. The van der Waals surface area contributed by atoms with Gasteiger partial charge >= 0.3 is 6.36 Å². The third kappa shape index (κ3) is 4.20. The van der Waals surface area contributed by atoms with Gasteiger partial charge in [0.1, 0.15) is 29.8 Å². The van der Waals surface area contributed by atoms with Crippen LogP contribution in [0.1, 0.15) is 13.3 Å². The fourth-order valence-corrected chi connectivity index (χ4v) is 2.91. The molecule has 28 heavy (non-hydrogen) atoms. The van der Waals surface area contributed by atoms with E-state index in [-0.39, 0.29) is 33.9 Å². The fourth-order valence-electron chi connectivity index (χ4n) is 2.28. The molecule has 8 nitrogen and oxygen atoms in total. The molecule has 0 aliphatic heterocycles. The summed E-state index contributed by atoms with van der Waals surface area (Å²) in [5, 5.41) is 10.4. The highest BCUT2D eigenvalue weighted by molar-refractivity contribution is 6.38. The Bertz CT molecular complexity index is 981. The van der Waals surface area contributed by atoms with Crippen LogP contribution in [0.4, 0.5) is 19.0 Å². The van der Waals surface area contributed by atoms with Gasteiger partial charge in [-0.15, -0.1) is 13.2 Å². The van der Waals surface area contributed by atoms with E-state index in [0.717, 1.165) is 12.1 Å². The van der Waals surface area contributed by atoms with E-state index >= 15 is 0 Å². The van der Waals surface area contributed by atoms with E-state index in [4.69, 9.17) is 23.2 Å². The number of anilines is 1. The van der Waals surface area contributed by atoms with Gasteiger partial charge in [-0.1, -0.05) is 30.1 Å². The van der Waals surface area contributed by atoms with Gasteiger partial charge in [-0.2, -0.15) is 10.2 Å². The van der Waals surface area contributed by atoms with Gasteiger partial charge in [0, 0.05) is 18.6 Å². The van der Waals surface area contributed by atoms with Gasteiger partial charge < -0.3 is 10.1 Å². The summed E-state index contributed by atoms with van der Waals surface area (Å²) in [7, 11) is 0. The number of halogens is 5. The molecule has 0 spiro atoms. The predicted octanol–water partition coefficient (Wildman–Crippen LogP) is 4.01. The van der Waals surface area contributed by atoms with Crippen LogP contribution in [-0.4, -0.2) is 36.8 Å². The highest BCUT2D eigenvalue weighted by Gasteiger charge is 2.32. The first-order chi connectivity index (χ1) is 13.2. The average molecular weight is 435 g/mol. The van der Waals surface area contributed by atoms with Crippen LogP contribution >= 0.6 is 23.2 Å². The molecule has 148 valence electrons. The molecule has 0 unspecified atom stereocenters. The first kappa shape index (κ1) is 20.0. The maximum atomic E-state index is 12.4. The molecule has 3 aromatic rings. The van der Waals surface area contributed by atoms with Crippen molar-refractivity contribution in [3.05, 3.63) is 41.0 Å². The van der Waals surface area contributed by atoms with Crippen LogP contribution in [0, 0.1) is 0 Å². The summed E-state index contributed by atoms with van der Waals surface area (Å²) in [5.74, 6) is -0.771. The lowest BCUT2D eigenvalue weighted by Crippen LogP contribution is -2.18. The third-order valence-electron chi connectivity index (χ3n) is 3.43. The molecule has 13 heteroatoms. The van der Waals surface area contributed by atoms with Crippen molar-refractivity contribution in [1.29, 1.82) is 0 Å². The second-order valence-corrected chi connectivity index (χ2v) is 6.13. The molecule has 0 radical (unpaired) electrons. The molecule has 1 N–H and O–H groups in total. The highest BCUT2D eigenvalue weighted by atomic mass is 35.5. The van der Waals surface area contributed by atoms with Crippen LogP contribution in [0.3, 0.4) is 0 Å². The number of hydrogen-bond acceptors (Lipinski definition) is 5. The monoisotopic (exact) mass is 434 g/mol. The zero-order valence-electron chi connectivity index (χ0n) is 14.0. The van der Waals surface area contributed by atoms with E-state index in [1.807, 2.05) is 0 Å². The summed E-state index contributed by atoms with van der Waals surface area (Å²) in [6.45, 7) is 1.65. The molecular weight excluding hydrogens is 424 g/mol. The van der Waals surface area contributed by atoms with Gasteiger partial charge in [0.25, 0.3) is 0 Å².